The zero-order valence-electron chi connectivity index (χ0n) is 12.1. The van der Waals surface area contributed by atoms with Gasteiger partial charge in [0.25, 0.3) is 0 Å². The van der Waals surface area contributed by atoms with Crippen LogP contribution in [0.25, 0.3) is 22.3 Å². The summed E-state index contributed by atoms with van der Waals surface area (Å²) in [7, 11) is 0. The number of ether oxygens (including phenoxy) is 1. The van der Waals surface area contributed by atoms with Gasteiger partial charge in [-0.3, -0.25) is 0 Å². The lowest BCUT2D eigenvalue weighted by molar-refractivity contribution is 0.309. The highest BCUT2D eigenvalue weighted by atomic mass is 19.1. The zero-order valence-corrected chi connectivity index (χ0v) is 12.1. The van der Waals surface area contributed by atoms with E-state index in [0.717, 1.165) is 6.42 Å². The summed E-state index contributed by atoms with van der Waals surface area (Å²) in [5.74, 6) is 0.114. The lowest BCUT2D eigenvalue weighted by atomic mass is 10.1. The van der Waals surface area contributed by atoms with Gasteiger partial charge in [0.2, 0.25) is 11.8 Å². The van der Waals surface area contributed by atoms with Crippen molar-refractivity contribution in [3.8, 4) is 17.1 Å². The Bertz CT molecular complexity index is 822. The van der Waals surface area contributed by atoms with Crippen LogP contribution in [0.15, 0.2) is 36.4 Å². The van der Waals surface area contributed by atoms with Crippen molar-refractivity contribution in [3.63, 3.8) is 0 Å². The largest absolute Gasteiger partial charge is 0.476 e. The second kappa shape index (κ2) is 5.93. The Morgan fingerprint density at radius 2 is 1.91 bits per heavy atom. The normalized spacial score (nSPS) is 10.8. The van der Waals surface area contributed by atoms with Gasteiger partial charge in [0.1, 0.15) is 5.82 Å². The van der Waals surface area contributed by atoms with Gasteiger partial charge in [-0.2, -0.15) is 4.98 Å². The molecule has 0 amide bonds. The molecule has 2 aromatic heterocycles. The third kappa shape index (κ3) is 2.67. The van der Waals surface area contributed by atoms with E-state index in [1.54, 1.807) is 30.3 Å². The average molecular weight is 298 g/mol. The van der Waals surface area contributed by atoms with Gasteiger partial charge in [0.15, 0.2) is 5.52 Å². The fraction of sp³-hybridized carbons (Fsp3) is 0.188. The molecular weight excluding hydrogens is 283 g/mol. The molecule has 3 rings (SSSR count). The molecule has 2 N–H and O–H groups in total. The van der Waals surface area contributed by atoms with Crippen molar-refractivity contribution >= 4 is 17.0 Å². The molecule has 0 saturated heterocycles. The predicted molar refractivity (Wildman–Crippen MR) is 82.9 cm³/mol. The second-order valence-corrected chi connectivity index (χ2v) is 4.78. The van der Waals surface area contributed by atoms with E-state index in [1.165, 1.54) is 6.07 Å². The molecule has 0 saturated carbocycles. The first kappa shape index (κ1) is 14.2. The number of nitrogens with zero attached hydrogens (tertiary/aromatic N) is 3. The summed E-state index contributed by atoms with van der Waals surface area (Å²) in [5, 5.41) is 0. The zero-order chi connectivity index (χ0) is 15.5. The monoisotopic (exact) mass is 298 g/mol. The number of nitrogen functional groups attached to an aromatic ring is 1. The number of nitrogens with two attached hydrogens (primary N) is 1. The SMILES string of the molecule is CCCOc1nc(N)nc2ccc(-c3ccccc3F)nc12. The van der Waals surface area contributed by atoms with Gasteiger partial charge in [0, 0.05) is 5.56 Å². The van der Waals surface area contributed by atoms with E-state index < -0.39 is 0 Å². The minimum atomic E-state index is -0.332. The van der Waals surface area contributed by atoms with Gasteiger partial charge in [-0.1, -0.05) is 19.1 Å². The topological polar surface area (TPSA) is 73.9 Å². The van der Waals surface area contributed by atoms with Crippen molar-refractivity contribution < 1.29 is 9.13 Å². The Kier molecular flexibility index (Phi) is 3.82. The molecule has 3 aromatic rings. The van der Waals surface area contributed by atoms with Crippen LogP contribution in [-0.2, 0) is 0 Å². The molecular formula is C16H15FN4O. The van der Waals surface area contributed by atoms with Crippen molar-refractivity contribution in [2.24, 2.45) is 0 Å². The molecule has 6 heteroatoms. The number of anilines is 1. The molecule has 0 unspecified atom stereocenters. The lowest BCUT2D eigenvalue weighted by Gasteiger charge is -2.09. The molecule has 22 heavy (non-hydrogen) atoms. The summed E-state index contributed by atoms with van der Waals surface area (Å²) < 4.78 is 19.5. The van der Waals surface area contributed by atoms with Crippen molar-refractivity contribution in [3.05, 3.63) is 42.2 Å². The highest BCUT2D eigenvalue weighted by Gasteiger charge is 2.12. The highest BCUT2D eigenvalue weighted by Crippen LogP contribution is 2.27. The predicted octanol–water partition coefficient (Wildman–Crippen LogP) is 3.20. The fourth-order valence-electron chi connectivity index (χ4n) is 2.12. The van der Waals surface area contributed by atoms with Crippen molar-refractivity contribution in [1.82, 2.24) is 15.0 Å². The van der Waals surface area contributed by atoms with Crippen molar-refractivity contribution in [1.29, 1.82) is 0 Å². The van der Waals surface area contributed by atoms with E-state index in [1.807, 2.05) is 6.92 Å². The fourth-order valence-corrected chi connectivity index (χ4v) is 2.12. The van der Waals surface area contributed by atoms with E-state index in [2.05, 4.69) is 15.0 Å². The van der Waals surface area contributed by atoms with Crippen LogP contribution in [0.4, 0.5) is 10.3 Å². The van der Waals surface area contributed by atoms with Crippen LogP contribution in [0.1, 0.15) is 13.3 Å². The van der Waals surface area contributed by atoms with Crippen molar-refractivity contribution in [2.45, 2.75) is 13.3 Å². The first-order chi connectivity index (χ1) is 10.7. The Hall–Kier alpha value is -2.76. The van der Waals surface area contributed by atoms with E-state index in [0.29, 0.717) is 34.8 Å². The van der Waals surface area contributed by atoms with E-state index in [4.69, 9.17) is 10.5 Å². The summed E-state index contributed by atoms with van der Waals surface area (Å²) in [6, 6.07) is 9.92. The smallest absolute Gasteiger partial charge is 0.245 e. The number of halogens is 1. The lowest BCUT2D eigenvalue weighted by Crippen LogP contribution is -2.04. The minimum Gasteiger partial charge on any atom is -0.476 e. The number of hydrogen-bond donors (Lipinski definition) is 1. The molecule has 0 fully saturated rings. The summed E-state index contributed by atoms with van der Waals surface area (Å²) in [6.07, 6.45) is 0.832. The maximum absolute atomic E-state index is 13.9. The third-order valence-electron chi connectivity index (χ3n) is 3.12. The Morgan fingerprint density at radius 1 is 1.09 bits per heavy atom. The van der Waals surface area contributed by atoms with Gasteiger partial charge in [-0.25, -0.2) is 14.4 Å². The number of benzene rings is 1. The number of rotatable bonds is 4. The standard InChI is InChI=1S/C16H15FN4O/c1-2-9-22-15-14-13(20-16(18)21-15)8-7-12(19-14)10-5-3-4-6-11(10)17/h3-8H,2,9H2,1H3,(H2,18,20,21). The molecule has 0 spiro atoms. The van der Waals surface area contributed by atoms with E-state index in [-0.39, 0.29) is 11.8 Å². The van der Waals surface area contributed by atoms with Crippen LogP contribution in [0, 0.1) is 5.82 Å². The number of aromatic nitrogens is 3. The Balaban J connectivity index is 2.16. The Labute approximate surface area is 127 Å². The molecule has 0 radical (unpaired) electrons. The maximum atomic E-state index is 13.9. The summed E-state index contributed by atoms with van der Waals surface area (Å²) in [5.41, 5.74) is 7.64. The molecule has 2 heterocycles. The van der Waals surface area contributed by atoms with E-state index >= 15 is 0 Å². The average Bonchev–Trinajstić information content (AvgIpc) is 2.52. The number of hydrogen-bond acceptors (Lipinski definition) is 5. The highest BCUT2D eigenvalue weighted by molar-refractivity contribution is 5.83. The molecule has 0 atom stereocenters. The molecule has 1 aromatic carbocycles. The molecule has 0 aliphatic carbocycles. The molecule has 112 valence electrons. The van der Waals surface area contributed by atoms with Crippen LogP contribution in [-0.4, -0.2) is 21.6 Å². The van der Waals surface area contributed by atoms with Crippen molar-refractivity contribution in [2.75, 3.05) is 12.3 Å². The first-order valence-electron chi connectivity index (χ1n) is 7.01. The van der Waals surface area contributed by atoms with Gasteiger partial charge in [-0.05, 0) is 30.7 Å². The van der Waals surface area contributed by atoms with Gasteiger partial charge >= 0.3 is 0 Å². The maximum Gasteiger partial charge on any atom is 0.245 e. The van der Waals surface area contributed by atoms with Gasteiger partial charge in [0.05, 0.1) is 17.8 Å². The van der Waals surface area contributed by atoms with Crippen LogP contribution < -0.4 is 10.5 Å². The van der Waals surface area contributed by atoms with Crippen LogP contribution >= 0.6 is 0 Å². The van der Waals surface area contributed by atoms with Gasteiger partial charge < -0.3 is 10.5 Å². The van der Waals surface area contributed by atoms with Crippen LogP contribution in [0.2, 0.25) is 0 Å². The molecule has 5 nitrogen and oxygen atoms in total. The van der Waals surface area contributed by atoms with Crippen LogP contribution in [0.5, 0.6) is 5.88 Å². The third-order valence-corrected chi connectivity index (χ3v) is 3.12. The summed E-state index contributed by atoms with van der Waals surface area (Å²) in [4.78, 5) is 12.7. The van der Waals surface area contributed by atoms with Crippen LogP contribution in [0.3, 0.4) is 0 Å². The minimum absolute atomic E-state index is 0.124. The number of pyridine rings is 1. The summed E-state index contributed by atoms with van der Waals surface area (Å²) in [6.45, 7) is 2.49. The second-order valence-electron chi connectivity index (χ2n) is 4.78. The number of fused-ring (bicyclic) bond motifs is 1. The van der Waals surface area contributed by atoms with E-state index in [9.17, 15) is 4.39 Å². The van der Waals surface area contributed by atoms with Gasteiger partial charge in [-0.15, -0.1) is 0 Å². The molecule has 0 aliphatic heterocycles. The molecule has 0 bridgehead atoms. The summed E-state index contributed by atoms with van der Waals surface area (Å²) >= 11 is 0. The Morgan fingerprint density at radius 3 is 2.68 bits per heavy atom. The first-order valence-corrected chi connectivity index (χ1v) is 7.01. The quantitative estimate of drug-likeness (QED) is 0.800. The molecule has 0 aliphatic rings.